The largest absolute Gasteiger partial charge is 0.508 e. The van der Waals surface area contributed by atoms with Gasteiger partial charge >= 0.3 is 6.18 Å². The lowest BCUT2D eigenvalue weighted by atomic mass is 9.85. The molecule has 0 fully saturated rings. The zero-order chi connectivity index (χ0) is 22.3. The van der Waals surface area contributed by atoms with Gasteiger partial charge in [-0.05, 0) is 53.9 Å². The second kappa shape index (κ2) is 7.73. The van der Waals surface area contributed by atoms with Crippen molar-refractivity contribution in [3.63, 3.8) is 0 Å². The van der Waals surface area contributed by atoms with E-state index in [1.54, 1.807) is 25.1 Å². The molecule has 0 radical (unpaired) electrons. The number of benzene rings is 2. The number of alkyl halides is 3. The molecule has 3 N–H and O–H groups in total. The molecule has 31 heavy (non-hydrogen) atoms. The van der Waals surface area contributed by atoms with Crippen molar-refractivity contribution in [3.05, 3.63) is 75.7 Å². The first-order valence-electron chi connectivity index (χ1n) is 9.34. The normalized spacial score (nSPS) is 15.9. The van der Waals surface area contributed by atoms with Crippen molar-refractivity contribution in [2.45, 2.75) is 25.4 Å². The van der Waals surface area contributed by atoms with Crippen LogP contribution in [0.4, 0.5) is 23.9 Å². The maximum Gasteiger partial charge on any atom is 0.416 e. The van der Waals surface area contributed by atoms with Gasteiger partial charge in [0.15, 0.2) is 0 Å². The van der Waals surface area contributed by atoms with Crippen LogP contribution >= 0.6 is 11.3 Å². The molecular formula is C22H17F3N2O3S. The molecule has 9 heteroatoms. The van der Waals surface area contributed by atoms with E-state index >= 15 is 0 Å². The summed E-state index contributed by atoms with van der Waals surface area (Å²) in [4.78, 5) is 25.4. The quantitative estimate of drug-likeness (QED) is 0.497. The monoisotopic (exact) mass is 446 g/mol. The van der Waals surface area contributed by atoms with E-state index in [4.69, 9.17) is 0 Å². The first-order valence-corrected chi connectivity index (χ1v) is 10.2. The number of carbonyl (C=O) groups excluding carboxylic acids is 2. The van der Waals surface area contributed by atoms with Crippen LogP contribution in [0.5, 0.6) is 5.75 Å². The third-order valence-corrected chi connectivity index (χ3v) is 6.33. The number of hydrogen-bond donors (Lipinski definition) is 3. The lowest BCUT2D eigenvalue weighted by Crippen LogP contribution is -2.22. The summed E-state index contributed by atoms with van der Waals surface area (Å²) in [5.74, 6) is -1.05. The molecule has 2 heterocycles. The maximum absolute atomic E-state index is 12.9. The van der Waals surface area contributed by atoms with Crippen molar-refractivity contribution in [3.8, 4) is 5.75 Å². The summed E-state index contributed by atoms with van der Waals surface area (Å²) in [6.07, 6.45) is -4.36. The minimum Gasteiger partial charge on any atom is -0.508 e. The van der Waals surface area contributed by atoms with Gasteiger partial charge in [0, 0.05) is 18.0 Å². The first kappa shape index (κ1) is 20.9. The van der Waals surface area contributed by atoms with Crippen LogP contribution in [0.15, 0.2) is 48.5 Å². The fraction of sp³-hybridized carbons (Fsp3) is 0.182. The van der Waals surface area contributed by atoms with E-state index in [1.165, 1.54) is 18.2 Å². The van der Waals surface area contributed by atoms with Crippen LogP contribution < -0.4 is 10.6 Å². The number of anilines is 2. The van der Waals surface area contributed by atoms with Crippen LogP contribution in [-0.2, 0) is 11.0 Å². The summed E-state index contributed by atoms with van der Waals surface area (Å²) in [6.45, 7) is 1.74. The molecule has 0 unspecified atom stereocenters. The minimum absolute atomic E-state index is 0.0270. The van der Waals surface area contributed by atoms with Crippen molar-refractivity contribution in [1.82, 2.24) is 0 Å². The molecule has 0 saturated carbocycles. The molecule has 1 aliphatic heterocycles. The van der Waals surface area contributed by atoms with E-state index in [1.807, 2.05) is 0 Å². The number of carbonyl (C=O) groups is 2. The second-order valence-corrected chi connectivity index (χ2v) is 8.25. The molecule has 1 aromatic heterocycles. The highest BCUT2D eigenvalue weighted by molar-refractivity contribution is 7.18. The predicted octanol–water partition coefficient (Wildman–Crippen LogP) is 5.51. The number of thiophene rings is 1. The zero-order valence-electron chi connectivity index (χ0n) is 16.2. The molecular weight excluding hydrogens is 429 g/mol. The molecule has 4 rings (SSSR count). The predicted molar refractivity (Wildman–Crippen MR) is 112 cm³/mol. The molecule has 160 valence electrons. The third-order valence-electron chi connectivity index (χ3n) is 5.11. The maximum atomic E-state index is 12.9. The van der Waals surface area contributed by atoms with Crippen LogP contribution in [-0.4, -0.2) is 16.9 Å². The molecule has 5 nitrogen and oxygen atoms in total. The molecule has 1 aliphatic rings. The molecule has 2 amide bonds. The number of nitrogens with one attached hydrogen (secondary N) is 2. The Kier molecular flexibility index (Phi) is 5.22. The van der Waals surface area contributed by atoms with Crippen LogP contribution in [0.25, 0.3) is 0 Å². The van der Waals surface area contributed by atoms with Gasteiger partial charge in [-0.15, -0.1) is 11.3 Å². The topological polar surface area (TPSA) is 78.4 Å². The van der Waals surface area contributed by atoms with Crippen LogP contribution in [0, 0.1) is 6.92 Å². The average molecular weight is 446 g/mol. The Balaban J connectivity index is 1.68. The van der Waals surface area contributed by atoms with Gasteiger partial charge in [-0.3, -0.25) is 9.59 Å². The van der Waals surface area contributed by atoms with E-state index < -0.39 is 17.6 Å². The van der Waals surface area contributed by atoms with Crippen molar-refractivity contribution in [2.75, 3.05) is 10.6 Å². The number of halogens is 3. The Morgan fingerprint density at radius 1 is 1.19 bits per heavy atom. The Hall–Kier alpha value is -3.33. The van der Waals surface area contributed by atoms with Gasteiger partial charge in [-0.2, -0.15) is 13.2 Å². The van der Waals surface area contributed by atoms with Crippen LogP contribution in [0.1, 0.15) is 44.3 Å². The average Bonchev–Trinajstić information content (AvgIpc) is 3.03. The van der Waals surface area contributed by atoms with Crippen molar-refractivity contribution in [1.29, 1.82) is 0 Å². The van der Waals surface area contributed by atoms with E-state index in [0.29, 0.717) is 15.4 Å². The van der Waals surface area contributed by atoms with E-state index in [2.05, 4.69) is 10.6 Å². The minimum atomic E-state index is -4.52. The van der Waals surface area contributed by atoms with Gasteiger partial charge in [0.05, 0.1) is 15.4 Å². The van der Waals surface area contributed by atoms with E-state index in [-0.39, 0.29) is 29.7 Å². The Morgan fingerprint density at radius 3 is 2.65 bits per heavy atom. The van der Waals surface area contributed by atoms with Crippen LogP contribution in [0.2, 0.25) is 0 Å². The Bertz CT molecular complexity index is 1190. The number of rotatable bonds is 3. The van der Waals surface area contributed by atoms with Gasteiger partial charge in [0.1, 0.15) is 5.75 Å². The van der Waals surface area contributed by atoms with Gasteiger partial charge in [-0.25, -0.2) is 0 Å². The molecule has 0 spiro atoms. The summed E-state index contributed by atoms with van der Waals surface area (Å²) >= 11 is 1.08. The highest BCUT2D eigenvalue weighted by atomic mass is 32.1. The standard InChI is InChI=1S/C22H17F3N2O3S/c1-11-18-16(12-4-2-7-15(28)8-12)10-17(29)27-21(18)31-19(11)20(30)26-14-6-3-5-13(9-14)22(23,24)25/h2-9,16,28H,10H2,1H3,(H,26,30)(H,27,29)/t16-/m0/s1. The summed E-state index contributed by atoms with van der Waals surface area (Å²) in [7, 11) is 0. The third kappa shape index (κ3) is 4.13. The molecule has 3 aromatic rings. The number of aromatic hydroxyl groups is 1. The summed E-state index contributed by atoms with van der Waals surface area (Å²) < 4.78 is 38.8. The SMILES string of the molecule is Cc1c(C(=O)Nc2cccc(C(F)(F)F)c2)sc2c1[C@H](c1cccc(O)c1)CC(=O)N2. The highest BCUT2D eigenvalue weighted by Gasteiger charge is 2.33. The number of hydrogen-bond acceptors (Lipinski definition) is 4. The van der Waals surface area contributed by atoms with Crippen LogP contribution in [0.3, 0.4) is 0 Å². The summed E-state index contributed by atoms with van der Waals surface area (Å²) in [5, 5.41) is 15.6. The Labute approximate surface area is 179 Å². The number of phenols is 1. The molecule has 1 atom stereocenters. The van der Waals surface area contributed by atoms with E-state index in [0.717, 1.165) is 34.6 Å². The molecule has 0 bridgehead atoms. The fourth-order valence-corrected chi connectivity index (χ4v) is 4.89. The van der Waals surface area contributed by atoms with Gasteiger partial charge < -0.3 is 15.7 Å². The first-order chi connectivity index (χ1) is 14.6. The van der Waals surface area contributed by atoms with Crippen molar-refractivity contribution in [2.24, 2.45) is 0 Å². The summed E-state index contributed by atoms with van der Waals surface area (Å²) in [6, 6.07) is 11.0. The number of amides is 2. The lowest BCUT2D eigenvalue weighted by Gasteiger charge is -2.24. The molecule has 0 aliphatic carbocycles. The Morgan fingerprint density at radius 2 is 1.94 bits per heavy atom. The van der Waals surface area contributed by atoms with Gasteiger partial charge in [-0.1, -0.05) is 18.2 Å². The molecule has 2 aromatic carbocycles. The number of phenolic OH excluding ortho intramolecular Hbond substituents is 1. The second-order valence-electron chi connectivity index (χ2n) is 7.23. The van der Waals surface area contributed by atoms with Crippen molar-refractivity contribution >= 4 is 33.8 Å². The smallest absolute Gasteiger partial charge is 0.416 e. The van der Waals surface area contributed by atoms with Gasteiger partial charge in [0.25, 0.3) is 5.91 Å². The van der Waals surface area contributed by atoms with E-state index in [9.17, 15) is 27.9 Å². The zero-order valence-corrected chi connectivity index (χ0v) is 17.0. The molecule has 0 saturated heterocycles. The number of fused-ring (bicyclic) bond motifs is 1. The van der Waals surface area contributed by atoms with Crippen molar-refractivity contribution < 1.29 is 27.9 Å². The highest BCUT2D eigenvalue weighted by Crippen LogP contribution is 2.45. The fourth-order valence-electron chi connectivity index (χ4n) is 3.71. The lowest BCUT2D eigenvalue weighted by molar-refractivity contribution is -0.137. The summed E-state index contributed by atoms with van der Waals surface area (Å²) in [5.41, 5.74) is 1.31. The van der Waals surface area contributed by atoms with Gasteiger partial charge in [0.2, 0.25) is 5.91 Å².